The standard InChI is InChI=1S/C13H18FNO/c1-10-8-15(7-6-13(10)16)9-11-4-2-3-5-12(11)14/h2-5,10,13,16H,6-9H2,1H3. The Morgan fingerprint density at radius 1 is 1.44 bits per heavy atom. The Kier molecular flexibility index (Phi) is 3.56. The summed E-state index contributed by atoms with van der Waals surface area (Å²) in [5, 5.41) is 9.62. The second-order valence-electron chi connectivity index (χ2n) is 4.66. The monoisotopic (exact) mass is 223 g/mol. The lowest BCUT2D eigenvalue weighted by molar-refractivity contribution is 0.0316. The molecule has 3 heteroatoms. The van der Waals surface area contributed by atoms with Crippen molar-refractivity contribution in [2.75, 3.05) is 13.1 Å². The first kappa shape index (κ1) is 11.6. The Bertz CT molecular complexity index is 356. The number of likely N-dealkylation sites (tertiary alicyclic amines) is 1. The van der Waals surface area contributed by atoms with E-state index >= 15 is 0 Å². The highest BCUT2D eigenvalue weighted by molar-refractivity contribution is 5.17. The Morgan fingerprint density at radius 2 is 2.19 bits per heavy atom. The minimum absolute atomic E-state index is 0.138. The molecule has 2 rings (SSSR count). The molecule has 88 valence electrons. The fraction of sp³-hybridized carbons (Fsp3) is 0.538. The van der Waals surface area contributed by atoms with Gasteiger partial charge in [0.15, 0.2) is 0 Å². The number of nitrogens with zero attached hydrogens (tertiary/aromatic N) is 1. The number of aliphatic hydroxyl groups excluding tert-OH is 1. The highest BCUT2D eigenvalue weighted by Crippen LogP contribution is 2.19. The van der Waals surface area contributed by atoms with Gasteiger partial charge >= 0.3 is 0 Å². The molecule has 0 amide bonds. The molecule has 0 radical (unpaired) electrons. The maximum Gasteiger partial charge on any atom is 0.127 e. The average molecular weight is 223 g/mol. The zero-order valence-corrected chi connectivity index (χ0v) is 9.56. The van der Waals surface area contributed by atoms with Gasteiger partial charge in [-0.1, -0.05) is 25.1 Å². The van der Waals surface area contributed by atoms with Crippen molar-refractivity contribution in [1.29, 1.82) is 0 Å². The van der Waals surface area contributed by atoms with E-state index in [1.165, 1.54) is 6.07 Å². The first-order chi connectivity index (χ1) is 7.66. The first-order valence-corrected chi connectivity index (χ1v) is 5.80. The second-order valence-corrected chi connectivity index (χ2v) is 4.66. The summed E-state index contributed by atoms with van der Waals surface area (Å²) >= 11 is 0. The van der Waals surface area contributed by atoms with Gasteiger partial charge in [-0.2, -0.15) is 0 Å². The van der Waals surface area contributed by atoms with Gasteiger partial charge < -0.3 is 5.11 Å². The second kappa shape index (κ2) is 4.93. The van der Waals surface area contributed by atoms with Gasteiger partial charge in [0.25, 0.3) is 0 Å². The van der Waals surface area contributed by atoms with Crippen molar-refractivity contribution in [3.8, 4) is 0 Å². The van der Waals surface area contributed by atoms with E-state index in [9.17, 15) is 9.50 Å². The van der Waals surface area contributed by atoms with Crippen LogP contribution in [0.5, 0.6) is 0 Å². The fourth-order valence-corrected chi connectivity index (χ4v) is 2.23. The van der Waals surface area contributed by atoms with Gasteiger partial charge in [0.05, 0.1) is 6.10 Å². The lowest BCUT2D eigenvalue weighted by atomic mass is 9.96. The summed E-state index contributed by atoms with van der Waals surface area (Å²) < 4.78 is 13.4. The largest absolute Gasteiger partial charge is 0.393 e. The number of benzene rings is 1. The third-order valence-electron chi connectivity index (χ3n) is 3.30. The maximum atomic E-state index is 13.4. The molecule has 0 spiro atoms. The number of halogens is 1. The predicted octanol–water partition coefficient (Wildman–Crippen LogP) is 2.03. The molecule has 2 nitrogen and oxygen atoms in total. The molecule has 0 bridgehead atoms. The van der Waals surface area contributed by atoms with Crippen LogP contribution in [0.25, 0.3) is 0 Å². The Labute approximate surface area is 95.7 Å². The number of rotatable bonds is 2. The summed E-state index contributed by atoms with van der Waals surface area (Å²) in [6, 6.07) is 6.89. The van der Waals surface area contributed by atoms with Crippen LogP contribution < -0.4 is 0 Å². The molecule has 1 fully saturated rings. The van der Waals surface area contributed by atoms with Crippen molar-refractivity contribution >= 4 is 0 Å². The Balaban J connectivity index is 1.98. The van der Waals surface area contributed by atoms with Gasteiger partial charge in [0, 0.05) is 25.2 Å². The molecule has 0 saturated carbocycles. The lowest BCUT2D eigenvalue weighted by Crippen LogP contribution is -2.41. The van der Waals surface area contributed by atoms with Gasteiger partial charge in [-0.25, -0.2) is 4.39 Å². The zero-order valence-electron chi connectivity index (χ0n) is 9.56. The Hall–Kier alpha value is -0.930. The van der Waals surface area contributed by atoms with E-state index in [2.05, 4.69) is 4.90 Å². The minimum atomic E-state index is -0.197. The highest BCUT2D eigenvalue weighted by Gasteiger charge is 2.24. The molecule has 1 saturated heterocycles. The molecule has 1 aromatic rings. The van der Waals surface area contributed by atoms with Crippen molar-refractivity contribution in [3.05, 3.63) is 35.6 Å². The van der Waals surface area contributed by atoms with E-state index in [0.29, 0.717) is 6.54 Å². The maximum absolute atomic E-state index is 13.4. The summed E-state index contributed by atoms with van der Waals surface area (Å²) in [5.74, 6) is 0.141. The van der Waals surface area contributed by atoms with Crippen LogP contribution in [-0.4, -0.2) is 29.2 Å². The van der Waals surface area contributed by atoms with Crippen molar-refractivity contribution in [2.45, 2.75) is 26.0 Å². The van der Waals surface area contributed by atoms with Crippen LogP contribution >= 0.6 is 0 Å². The molecule has 0 aromatic heterocycles. The molecule has 1 heterocycles. The first-order valence-electron chi connectivity index (χ1n) is 5.80. The summed E-state index contributed by atoms with van der Waals surface area (Å²) in [4.78, 5) is 2.20. The molecule has 0 aliphatic carbocycles. The van der Waals surface area contributed by atoms with Gasteiger partial charge in [-0.15, -0.1) is 0 Å². The summed E-state index contributed by atoms with van der Waals surface area (Å²) in [7, 11) is 0. The number of hydrogen-bond acceptors (Lipinski definition) is 2. The van der Waals surface area contributed by atoms with Crippen LogP contribution in [0.3, 0.4) is 0 Å². The average Bonchev–Trinajstić information content (AvgIpc) is 2.27. The van der Waals surface area contributed by atoms with Crippen LogP contribution in [-0.2, 0) is 6.54 Å². The topological polar surface area (TPSA) is 23.5 Å². The van der Waals surface area contributed by atoms with Crippen LogP contribution in [0.15, 0.2) is 24.3 Å². The number of piperidine rings is 1. The van der Waals surface area contributed by atoms with E-state index in [-0.39, 0.29) is 17.8 Å². The van der Waals surface area contributed by atoms with Crippen LogP contribution in [0.1, 0.15) is 18.9 Å². The molecule has 1 aliphatic heterocycles. The molecule has 1 aliphatic rings. The van der Waals surface area contributed by atoms with E-state index in [1.807, 2.05) is 19.1 Å². The molecule has 1 N–H and O–H groups in total. The van der Waals surface area contributed by atoms with Crippen LogP contribution in [0.2, 0.25) is 0 Å². The van der Waals surface area contributed by atoms with E-state index in [0.717, 1.165) is 25.1 Å². The summed E-state index contributed by atoms with van der Waals surface area (Å²) in [5.41, 5.74) is 0.742. The third kappa shape index (κ3) is 2.60. The smallest absolute Gasteiger partial charge is 0.127 e. The van der Waals surface area contributed by atoms with Crippen molar-refractivity contribution in [1.82, 2.24) is 4.90 Å². The van der Waals surface area contributed by atoms with E-state index in [1.54, 1.807) is 6.07 Å². The number of aliphatic hydroxyl groups is 1. The lowest BCUT2D eigenvalue weighted by Gasteiger charge is -2.34. The summed E-state index contributed by atoms with van der Waals surface area (Å²) in [6.45, 7) is 4.37. The molecular weight excluding hydrogens is 205 g/mol. The minimum Gasteiger partial charge on any atom is -0.393 e. The summed E-state index contributed by atoms with van der Waals surface area (Å²) in [6.07, 6.45) is 0.590. The van der Waals surface area contributed by atoms with Crippen molar-refractivity contribution in [3.63, 3.8) is 0 Å². The molecular formula is C13H18FNO. The Morgan fingerprint density at radius 3 is 2.88 bits per heavy atom. The molecule has 2 atom stereocenters. The molecule has 16 heavy (non-hydrogen) atoms. The highest BCUT2D eigenvalue weighted by atomic mass is 19.1. The SMILES string of the molecule is CC1CN(Cc2ccccc2F)CCC1O. The fourth-order valence-electron chi connectivity index (χ4n) is 2.23. The molecule has 2 unspecified atom stereocenters. The van der Waals surface area contributed by atoms with E-state index < -0.39 is 0 Å². The molecule has 1 aromatic carbocycles. The van der Waals surface area contributed by atoms with Gasteiger partial charge in [0.2, 0.25) is 0 Å². The van der Waals surface area contributed by atoms with Crippen LogP contribution in [0.4, 0.5) is 4.39 Å². The van der Waals surface area contributed by atoms with Gasteiger partial charge in [-0.3, -0.25) is 4.90 Å². The van der Waals surface area contributed by atoms with E-state index in [4.69, 9.17) is 0 Å². The van der Waals surface area contributed by atoms with Crippen molar-refractivity contribution < 1.29 is 9.50 Å². The quantitative estimate of drug-likeness (QED) is 0.829. The van der Waals surface area contributed by atoms with Gasteiger partial charge in [0.1, 0.15) is 5.82 Å². The predicted molar refractivity (Wildman–Crippen MR) is 61.5 cm³/mol. The van der Waals surface area contributed by atoms with Crippen LogP contribution in [0, 0.1) is 11.7 Å². The normalized spacial score (nSPS) is 26.9. The van der Waals surface area contributed by atoms with Crippen molar-refractivity contribution in [2.24, 2.45) is 5.92 Å². The number of hydrogen-bond donors (Lipinski definition) is 1. The zero-order chi connectivity index (χ0) is 11.5. The third-order valence-corrected chi connectivity index (χ3v) is 3.30. The van der Waals surface area contributed by atoms with Gasteiger partial charge in [-0.05, 0) is 18.4 Å².